The number of nitrogens with zero attached hydrogens (tertiary/aromatic N) is 5. The SMILES string of the molecule is CN(Cc1ccccc1)c1nccc(-c2c(-c3ccc(F)cc3)c(=O)n(C)n2C2CCNCC2)n1. The standard InChI is InChI=1S/C27H29FN6O/c1-32(18-19-6-4-3-5-7-19)27-30-17-14-23(31-27)25-24(20-8-10-21(28)11-9-20)26(35)33(2)34(25)22-12-15-29-16-13-22/h3-11,14,17,22,29H,12-13,15-16,18H2,1-2H3. The normalized spacial score (nSPS) is 14.3. The van der Waals surface area contributed by atoms with E-state index in [1.54, 1.807) is 30.1 Å². The minimum atomic E-state index is -0.336. The Morgan fingerprint density at radius 2 is 1.77 bits per heavy atom. The first-order valence-electron chi connectivity index (χ1n) is 11.9. The van der Waals surface area contributed by atoms with Crippen molar-refractivity contribution < 1.29 is 4.39 Å². The molecule has 0 bridgehead atoms. The summed E-state index contributed by atoms with van der Waals surface area (Å²) in [5.74, 6) is 0.237. The quantitative estimate of drug-likeness (QED) is 0.459. The molecule has 2 aromatic carbocycles. The van der Waals surface area contributed by atoms with Gasteiger partial charge >= 0.3 is 0 Å². The van der Waals surface area contributed by atoms with Crippen molar-refractivity contribution in [2.75, 3.05) is 25.0 Å². The molecule has 0 spiro atoms. The van der Waals surface area contributed by atoms with E-state index in [2.05, 4.69) is 27.1 Å². The van der Waals surface area contributed by atoms with Crippen molar-refractivity contribution in [2.24, 2.45) is 7.05 Å². The lowest BCUT2D eigenvalue weighted by molar-refractivity contribution is 0.313. The van der Waals surface area contributed by atoms with Gasteiger partial charge in [-0.25, -0.2) is 14.4 Å². The summed E-state index contributed by atoms with van der Waals surface area (Å²) in [6, 6.07) is 18.2. The Bertz CT molecular complexity index is 1360. The number of benzene rings is 2. The van der Waals surface area contributed by atoms with Crippen LogP contribution in [0.25, 0.3) is 22.5 Å². The van der Waals surface area contributed by atoms with Crippen LogP contribution in [0.2, 0.25) is 0 Å². The minimum absolute atomic E-state index is 0.122. The molecule has 0 amide bonds. The van der Waals surface area contributed by atoms with Crippen molar-refractivity contribution in [3.05, 3.63) is 88.6 Å². The van der Waals surface area contributed by atoms with E-state index in [1.807, 2.05) is 36.2 Å². The molecule has 0 radical (unpaired) electrons. The van der Waals surface area contributed by atoms with Crippen molar-refractivity contribution in [1.82, 2.24) is 24.6 Å². The van der Waals surface area contributed by atoms with Gasteiger partial charge in [0.2, 0.25) is 5.95 Å². The van der Waals surface area contributed by atoms with Crippen molar-refractivity contribution >= 4 is 5.95 Å². The zero-order valence-corrected chi connectivity index (χ0v) is 20.0. The molecule has 1 aliphatic heterocycles. The van der Waals surface area contributed by atoms with E-state index in [9.17, 15) is 9.18 Å². The Balaban J connectivity index is 1.64. The van der Waals surface area contributed by atoms with Gasteiger partial charge in [-0.2, -0.15) is 0 Å². The van der Waals surface area contributed by atoms with Gasteiger partial charge in [-0.15, -0.1) is 0 Å². The molecule has 7 nitrogen and oxygen atoms in total. The van der Waals surface area contributed by atoms with E-state index in [-0.39, 0.29) is 17.4 Å². The molecule has 2 aromatic heterocycles. The number of anilines is 1. The maximum absolute atomic E-state index is 13.7. The largest absolute Gasteiger partial charge is 0.340 e. The van der Waals surface area contributed by atoms with Crippen LogP contribution in [0.4, 0.5) is 10.3 Å². The van der Waals surface area contributed by atoms with Crippen LogP contribution < -0.4 is 15.8 Å². The third kappa shape index (κ3) is 4.61. The number of halogens is 1. The monoisotopic (exact) mass is 472 g/mol. The molecule has 8 heteroatoms. The molecule has 1 N–H and O–H groups in total. The molecule has 0 unspecified atom stereocenters. The van der Waals surface area contributed by atoms with Gasteiger partial charge in [-0.1, -0.05) is 42.5 Å². The van der Waals surface area contributed by atoms with Crippen LogP contribution in [-0.4, -0.2) is 39.5 Å². The molecule has 1 saturated heterocycles. The number of hydrogen-bond acceptors (Lipinski definition) is 5. The Hall–Kier alpha value is -3.78. The van der Waals surface area contributed by atoms with Crippen LogP contribution in [0.5, 0.6) is 0 Å². The second kappa shape index (κ2) is 9.84. The van der Waals surface area contributed by atoms with E-state index in [4.69, 9.17) is 4.98 Å². The van der Waals surface area contributed by atoms with Gasteiger partial charge in [0.05, 0.1) is 23.0 Å². The van der Waals surface area contributed by atoms with Crippen LogP contribution >= 0.6 is 0 Å². The highest BCUT2D eigenvalue weighted by Crippen LogP contribution is 2.34. The Labute approximate surface area is 203 Å². The molecule has 1 fully saturated rings. The lowest BCUT2D eigenvalue weighted by Crippen LogP contribution is -2.33. The van der Waals surface area contributed by atoms with Gasteiger partial charge < -0.3 is 10.2 Å². The van der Waals surface area contributed by atoms with Gasteiger partial charge in [-0.05, 0) is 55.3 Å². The van der Waals surface area contributed by atoms with Crippen molar-refractivity contribution in [3.8, 4) is 22.5 Å². The molecule has 1 aliphatic rings. The zero-order valence-electron chi connectivity index (χ0n) is 20.0. The fourth-order valence-electron chi connectivity index (χ4n) is 4.82. The van der Waals surface area contributed by atoms with Gasteiger partial charge in [0.25, 0.3) is 5.56 Å². The van der Waals surface area contributed by atoms with Crippen molar-refractivity contribution in [2.45, 2.75) is 25.4 Å². The summed E-state index contributed by atoms with van der Waals surface area (Å²) < 4.78 is 17.5. The average Bonchev–Trinajstić information content (AvgIpc) is 3.16. The average molecular weight is 473 g/mol. The predicted molar refractivity (Wildman–Crippen MR) is 136 cm³/mol. The molecular weight excluding hydrogens is 443 g/mol. The van der Waals surface area contributed by atoms with Gasteiger partial charge in [-0.3, -0.25) is 14.2 Å². The van der Waals surface area contributed by atoms with E-state index >= 15 is 0 Å². The van der Waals surface area contributed by atoms with Gasteiger partial charge in [0, 0.05) is 26.8 Å². The maximum Gasteiger partial charge on any atom is 0.274 e. The second-order valence-corrected chi connectivity index (χ2v) is 8.97. The fraction of sp³-hybridized carbons (Fsp3) is 0.296. The summed E-state index contributed by atoms with van der Waals surface area (Å²) in [5, 5.41) is 3.40. The predicted octanol–water partition coefficient (Wildman–Crippen LogP) is 4.01. The fourth-order valence-corrected chi connectivity index (χ4v) is 4.82. The van der Waals surface area contributed by atoms with Crippen LogP contribution in [-0.2, 0) is 13.6 Å². The third-order valence-electron chi connectivity index (χ3n) is 6.57. The number of nitrogens with one attached hydrogen (secondary N) is 1. The molecule has 0 aliphatic carbocycles. The Morgan fingerprint density at radius 3 is 2.49 bits per heavy atom. The topological polar surface area (TPSA) is 68.0 Å². The van der Waals surface area contributed by atoms with E-state index < -0.39 is 0 Å². The first-order chi connectivity index (χ1) is 17.0. The van der Waals surface area contributed by atoms with Gasteiger partial charge in [0.1, 0.15) is 5.82 Å². The molecule has 0 saturated carbocycles. The second-order valence-electron chi connectivity index (χ2n) is 8.97. The summed E-state index contributed by atoms with van der Waals surface area (Å²) in [6.07, 6.45) is 3.55. The summed E-state index contributed by atoms with van der Waals surface area (Å²) in [4.78, 5) is 25.0. The van der Waals surface area contributed by atoms with Crippen LogP contribution in [0.3, 0.4) is 0 Å². The molecule has 5 rings (SSSR count). The van der Waals surface area contributed by atoms with Crippen molar-refractivity contribution in [3.63, 3.8) is 0 Å². The molecule has 4 aromatic rings. The molecule has 180 valence electrons. The molecule has 0 atom stereocenters. The van der Waals surface area contributed by atoms with Crippen LogP contribution in [0.15, 0.2) is 71.7 Å². The minimum Gasteiger partial charge on any atom is -0.340 e. The smallest absolute Gasteiger partial charge is 0.274 e. The van der Waals surface area contributed by atoms with E-state index in [0.29, 0.717) is 29.3 Å². The Morgan fingerprint density at radius 1 is 1.06 bits per heavy atom. The lowest BCUT2D eigenvalue weighted by atomic mass is 10.0. The summed E-state index contributed by atoms with van der Waals surface area (Å²) >= 11 is 0. The molecular formula is C27H29FN6O. The van der Waals surface area contributed by atoms with Crippen LogP contribution in [0, 0.1) is 5.82 Å². The number of aromatic nitrogens is 4. The highest BCUT2D eigenvalue weighted by atomic mass is 19.1. The maximum atomic E-state index is 13.7. The number of hydrogen-bond donors (Lipinski definition) is 1. The van der Waals surface area contributed by atoms with Gasteiger partial charge in [0.15, 0.2) is 0 Å². The molecule has 3 heterocycles. The van der Waals surface area contributed by atoms with E-state index in [1.165, 1.54) is 12.1 Å². The Kier molecular flexibility index (Phi) is 6.46. The molecule has 35 heavy (non-hydrogen) atoms. The summed E-state index contributed by atoms with van der Waals surface area (Å²) in [7, 11) is 3.75. The van der Waals surface area contributed by atoms with Crippen molar-refractivity contribution in [1.29, 1.82) is 0 Å². The highest BCUT2D eigenvalue weighted by Gasteiger charge is 2.28. The summed E-state index contributed by atoms with van der Waals surface area (Å²) in [6.45, 7) is 2.43. The summed E-state index contributed by atoms with van der Waals surface area (Å²) in [5.41, 5.74) is 3.65. The van der Waals surface area contributed by atoms with E-state index in [0.717, 1.165) is 37.2 Å². The third-order valence-corrected chi connectivity index (χ3v) is 6.57. The zero-order chi connectivity index (χ0) is 24.4. The lowest BCUT2D eigenvalue weighted by Gasteiger charge is -2.27. The number of piperidine rings is 1. The number of rotatable bonds is 6. The van der Waals surface area contributed by atoms with Crippen LogP contribution in [0.1, 0.15) is 24.4 Å². The highest BCUT2D eigenvalue weighted by molar-refractivity contribution is 5.79. The first-order valence-corrected chi connectivity index (χ1v) is 11.9. The first kappa shape index (κ1) is 23.0.